The lowest BCUT2D eigenvalue weighted by Crippen LogP contribution is -2.15. The molecule has 3 aromatic rings. The summed E-state index contributed by atoms with van der Waals surface area (Å²) in [6.45, 7) is 1.66. The van der Waals surface area contributed by atoms with Crippen molar-refractivity contribution in [3.63, 3.8) is 0 Å². The molecule has 0 spiro atoms. The first-order valence-electron chi connectivity index (χ1n) is 9.14. The van der Waals surface area contributed by atoms with Gasteiger partial charge in [0, 0.05) is 23.8 Å². The van der Waals surface area contributed by atoms with Crippen LogP contribution >= 0.6 is 11.6 Å². The number of anilines is 1. The lowest BCUT2D eigenvalue weighted by Gasteiger charge is -2.11. The largest absolute Gasteiger partial charge is 0.457 e. The fraction of sp³-hybridized carbons (Fsp3) is 0.0909. The fourth-order valence-electron chi connectivity index (χ4n) is 2.89. The number of alkyl halides is 3. The minimum absolute atomic E-state index is 0.0837. The SMILES string of the molecule is Cc1cc([N+](=O)[O-])ccc1-c1ccc(/C=C(\C#N)C(=O)Nc2cc(C(F)(F)F)ccc2Cl)o1. The predicted octanol–water partition coefficient (Wildman–Crippen LogP) is 6.38. The molecule has 0 unspecified atom stereocenters. The Kier molecular flexibility index (Phi) is 6.55. The Balaban J connectivity index is 1.85. The van der Waals surface area contributed by atoms with Crippen molar-refractivity contribution in [3.05, 3.63) is 86.1 Å². The number of furan rings is 1. The van der Waals surface area contributed by atoms with Gasteiger partial charge in [-0.25, -0.2) is 0 Å². The Morgan fingerprint density at radius 1 is 1.21 bits per heavy atom. The highest BCUT2D eigenvalue weighted by atomic mass is 35.5. The molecule has 0 saturated heterocycles. The van der Waals surface area contributed by atoms with Gasteiger partial charge in [-0.3, -0.25) is 14.9 Å². The number of carbonyl (C=O) groups is 1. The van der Waals surface area contributed by atoms with Gasteiger partial charge in [-0.15, -0.1) is 0 Å². The Morgan fingerprint density at radius 2 is 1.94 bits per heavy atom. The summed E-state index contributed by atoms with van der Waals surface area (Å²) in [5, 5.41) is 22.3. The van der Waals surface area contributed by atoms with Crippen molar-refractivity contribution in [1.29, 1.82) is 5.26 Å². The van der Waals surface area contributed by atoms with Crippen LogP contribution in [0.5, 0.6) is 0 Å². The highest BCUT2D eigenvalue weighted by molar-refractivity contribution is 6.34. The topological polar surface area (TPSA) is 109 Å². The van der Waals surface area contributed by atoms with Crippen molar-refractivity contribution in [1.82, 2.24) is 0 Å². The van der Waals surface area contributed by atoms with Crippen molar-refractivity contribution in [2.45, 2.75) is 13.1 Å². The summed E-state index contributed by atoms with van der Waals surface area (Å²) < 4.78 is 44.4. The number of nitro groups is 1. The summed E-state index contributed by atoms with van der Waals surface area (Å²) in [5.41, 5.74) is -0.701. The zero-order valence-electron chi connectivity index (χ0n) is 16.7. The molecular weight excluding hydrogens is 463 g/mol. The van der Waals surface area contributed by atoms with Crippen LogP contribution in [0.15, 0.2) is 58.5 Å². The highest BCUT2D eigenvalue weighted by Crippen LogP contribution is 2.34. The molecule has 3 rings (SSSR count). The van der Waals surface area contributed by atoms with Crippen LogP contribution in [0.4, 0.5) is 24.5 Å². The summed E-state index contributed by atoms with van der Waals surface area (Å²) >= 11 is 5.87. The Hall–Kier alpha value is -4.10. The van der Waals surface area contributed by atoms with Gasteiger partial charge < -0.3 is 9.73 Å². The van der Waals surface area contributed by atoms with E-state index in [0.29, 0.717) is 23.0 Å². The number of carbonyl (C=O) groups excluding carboxylic acids is 1. The molecule has 0 saturated carbocycles. The van der Waals surface area contributed by atoms with E-state index >= 15 is 0 Å². The second-order valence-electron chi connectivity index (χ2n) is 6.77. The smallest absolute Gasteiger partial charge is 0.416 e. The van der Waals surface area contributed by atoms with Gasteiger partial charge in [-0.1, -0.05) is 11.6 Å². The van der Waals surface area contributed by atoms with Gasteiger partial charge in [0.1, 0.15) is 23.2 Å². The molecule has 0 aliphatic heterocycles. The molecule has 1 aromatic heterocycles. The van der Waals surface area contributed by atoms with Crippen LogP contribution in [-0.2, 0) is 11.0 Å². The number of nitriles is 1. The molecule has 1 heterocycles. The first kappa shape index (κ1) is 23.6. The van der Waals surface area contributed by atoms with Crippen molar-refractivity contribution >= 4 is 35.0 Å². The van der Waals surface area contributed by atoms with Crippen LogP contribution in [-0.4, -0.2) is 10.8 Å². The molecule has 0 radical (unpaired) electrons. The van der Waals surface area contributed by atoms with E-state index in [9.17, 15) is 33.3 Å². The van der Waals surface area contributed by atoms with E-state index in [0.717, 1.165) is 18.2 Å². The summed E-state index contributed by atoms with van der Waals surface area (Å²) in [5.74, 6) is -0.528. The maximum atomic E-state index is 12.9. The maximum absolute atomic E-state index is 12.9. The van der Waals surface area contributed by atoms with Crippen LogP contribution in [0, 0.1) is 28.4 Å². The summed E-state index contributed by atoms with van der Waals surface area (Å²) in [7, 11) is 0. The minimum atomic E-state index is -4.64. The number of aryl methyl sites for hydroxylation is 1. The second-order valence-corrected chi connectivity index (χ2v) is 7.18. The number of halogens is 4. The molecule has 0 fully saturated rings. The lowest BCUT2D eigenvalue weighted by atomic mass is 10.1. The fourth-order valence-corrected chi connectivity index (χ4v) is 3.06. The van der Waals surface area contributed by atoms with Gasteiger partial charge in [0.2, 0.25) is 0 Å². The number of rotatable bonds is 5. The molecule has 2 aromatic carbocycles. The van der Waals surface area contributed by atoms with E-state index in [2.05, 4.69) is 5.32 Å². The molecule has 0 aliphatic rings. The van der Waals surface area contributed by atoms with E-state index < -0.39 is 28.1 Å². The Bertz CT molecular complexity index is 1320. The van der Waals surface area contributed by atoms with E-state index in [1.807, 2.05) is 0 Å². The highest BCUT2D eigenvalue weighted by Gasteiger charge is 2.31. The zero-order valence-corrected chi connectivity index (χ0v) is 17.5. The number of nitro benzene ring substituents is 1. The summed E-state index contributed by atoms with van der Waals surface area (Å²) in [6.07, 6.45) is -3.53. The average molecular weight is 476 g/mol. The van der Waals surface area contributed by atoms with Gasteiger partial charge in [0.05, 0.1) is 21.2 Å². The quantitative estimate of drug-likeness (QED) is 0.199. The van der Waals surface area contributed by atoms with E-state index in [-0.39, 0.29) is 22.2 Å². The molecule has 33 heavy (non-hydrogen) atoms. The number of non-ortho nitro benzene ring substituents is 1. The van der Waals surface area contributed by atoms with E-state index in [1.165, 1.54) is 24.3 Å². The zero-order chi connectivity index (χ0) is 24.3. The molecule has 0 aliphatic carbocycles. The molecule has 1 amide bonds. The molecule has 1 N–H and O–H groups in total. The normalized spacial score (nSPS) is 11.7. The number of nitrogens with one attached hydrogen (secondary N) is 1. The average Bonchev–Trinajstić information content (AvgIpc) is 3.20. The van der Waals surface area contributed by atoms with Gasteiger partial charge in [0.25, 0.3) is 11.6 Å². The third-order valence-electron chi connectivity index (χ3n) is 4.51. The molecule has 0 bridgehead atoms. The molecule has 7 nitrogen and oxygen atoms in total. The second kappa shape index (κ2) is 9.18. The number of benzene rings is 2. The summed E-state index contributed by atoms with van der Waals surface area (Å²) in [4.78, 5) is 22.8. The molecule has 11 heteroatoms. The van der Waals surface area contributed by atoms with Crippen molar-refractivity contribution < 1.29 is 27.3 Å². The lowest BCUT2D eigenvalue weighted by molar-refractivity contribution is -0.384. The number of amides is 1. The first-order valence-corrected chi connectivity index (χ1v) is 9.52. The number of hydrogen-bond acceptors (Lipinski definition) is 5. The molecule has 168 valence electrons. The van der Waals surface area contributed by atoms with Crippen molar-refractivity contribution in [2.24, 2.45) is 0 Å². The molecular formula is C22H13ClF3N3O4. The Labute approximate surface area is 189 Å². The third kappa shape index (κ3) is 5.39. The third-order valence-corrected chi connectivity index (χ3v) is 4.84. The van der Waals surface area contributed by atoms with Gasteiger partial charge in [-0.05, 0) is 48.9 Å². The van der Waals surface area contributed by atoms with E-state index in [4.69, 9.17) is 16.0 Å². The van der Waals surface area contributed by atoms with Crippen molar-refractivity contribution in [2.75, 3.05) is 5.32 Å². The Morgan fingerprint density at radius 3 is 2.55 bits per heavy atom. The van der Waals surface area contributed by atoms with Gasteiger partial charge in [0.15, 0.2) is 0 Å². The standard InChI is InChI=1S/C22H13ClF3N3O4/c1-12-8-15(29(31)32)3-5-17(12)20-7-4-16(33-20)9-13(11-27)21(30)28-19-10-14(22(24,25)26)2-6-18(19)23/h2-10H,1H3,(H,28,30)/b13-9+. The van der Waals surface area contributed by atoms with Gasteiger partial charge >= 0.3 is 6.18 Å². The van der Waals surface area contributed by atoms with Crippen LogP contribution in [0.25, 0.3) is 17.4 Å². The van der Waals surface area contributed by atoms with Gasteiger partial charge in [-0.2, -0.15) is 18.4 Å². The number of hydrogen-bond donors (Lipinski definition) is 1. The minimum Gasteiger partial charge on any atom is -0.457 e. The van der Waals surface area contributed by atoms with Crippen LogP contribution in [0.1, 0.15) is 16.9 Å². The molecule has 0 atom stereocenters. The summed E-state index contributed by atoms with van der Waals surface area (Å²) in [6, 6.07) is 11.3. The van der Waals surface area contributed by atoms with Crippen LogP contribution in [0.2, 0.25) is 5.02 Å². The maximum Gasteiger partial charge on any atom is 0.416 e. The van der Waals surface area contributed by atoms with Crippen molar-refractivity contribution in [3.8, 4) is 17.4 Å². The van der Waals surface area contributed by atoms with Crippen LogP contribution in [0.3, 0.4) is 0 Å². The van der Waals surface area contributed by atoms with E-state index in [1.54, 1.807) is 19.1 Å². The first-order chi connectivity index (χ1) is 15.5. The predicted molar refractivity (Wildman–Crippen MR) is 114 cm³/mol. The number of nitrogens with zero attached hydrogens (tertiary/aromatic N) is 2. The van der Waals surface area contributed by atoms with Crippen LogP contribution < -0.4 is 5.32 Å². The monoisotopic (exact) mass is 475 g/mol.